The highest BCUT2D eigenvalue weighted by atomic mass is 16.1. The Bertz CT molecular complexity index is 460. The minimum atomic E-state index is 0.352. The number of nitrogens with zero attached hydrogens (tertiary/aromatic N) is 1. The number of hydrogen-bond acceptors (Lipinski definition) is 2. The van der Waals surface area contributed by atoms with E-state index in [2.05, 4.69) is 12.1 Å². The Morgan fingerprint density at radius 1 is 1.11 bits per heavy atom. The molecule has 0 N–H and O–H groups in total. The lowest BCUT2D eigenvalue weighted by atomic mass is 9.88. The quantitative estimate of drug-likeness (QED) is 0.601. The summed E-state index contributed by atoms with van der Waals surface area (Å²) >= 11 is 0. The second kappa shape index (κ2) is 6.35. The third-order valence-electron chi connectivity index (χ3n) is 3.63. The third kappa shape index (κ3) is 3.43. The normalized spacial score (nSPS) is 30.4. The minimum absolute atomic E-state index is 0.352. The Morgan fingerprint density at radius 3 is 2.78 bits per heavy atom. The molecule has 0 unspecified atom stereocenters. The molecule has 0 aliphatic heterocycles. The van der Waals surface area contributed by atoms with Crippen LogP contribution in [0.2, 0.25) is 0 Å². The highest BCUT2D eigenvalue weighted by Gasteiger charge is 2.14. The summed E-state index contributed by atoms with van der Waals surface area (Å²) in [7, 11) is 0. The van der Waals surface area contributed by atoms with E-state index >= 15 is 0 Å². The number of fused-ring (bicyclic) bond motifs is 2. The molecule has 0 heterocycles. The lowest BCUT2D eigenvalue weighted by Gasteiger charge is -2.16. The predicted molar refractivity (Wildman–Crippen MR) is 71.8 cm³/mol. The van der Waals surface area contributed by atoms with Crippen LogP contribution in [0.15, 0.2) is 34.9 Å². The lowest BCUT2D eigenvalue weighted by molar-refractivity contribution is -0.118. The average Bonchev–Trinajstić information content (AvgIpc) is 2.34. The van der Waals surface area contributed by atoms with Crippen LogP contribution in [0.1, 0.15) is 51.4 Å². The van der Waals surface area contributed by atoms with Gasteiger partial charge in [-0.25, -0.2) is 0 Å². The van der Waals surface area contributed by atoms with Crippen LogP contribution in [0.3, 0.4) is 0 Å². The van der Waals surface area contributed by atoms with Crippen molar-refractivity contribution in [1.82, 2.24) is 0 Å². The Balaban J connectivity index is 2.29. The summed E-state index contributed by atoms with van der Waals surface area (Å²) in [4.78, 5) is 11.8. The fourth-order valence-corrected chi connectivity index (χ4v) is 2.63. The van der Waals surface area contributed by atoms with Gasteiger partial charge in [0.25, 0.3) is 0 Å². The van der Waals surface area contributed by atoms with Crippen LogP contribution >= 0.6 is 0 Å². The van der Waals surface area contributed by atoms with Gasteiger partial charge in [0, 0.05) is 12.8 Å². The summed E-state index contributed by atoms with van der Waals surface area (Å²) in [5, 5.41) is 9.21. The molecule has 0 amide bonds. The van der Waals surface area contributed by atoms with Crippen molar-refractivity contribution in [3.8, 4) is 6.07 Å². The van der Waals surface area contributed by atoms with E-state index in [1.54, 1.807) is 0 Å². The zero-order valence-corrected chi connectivity index (χ0v) is 10.7. The van der Waals surface area contributed by atoms with Crippen LogP contribution in [-0.2, 0) is 4.79 Å². The van der Waals surface area contributed by atoms with Gasteiger partial charge in [0.2, 0.25) is 0 Å². The number of Topliss-reactive ketones (excluding diaryl/α,β-unsaturated/α-hetero) is 1. The van der Waals surface area contributed by atoms with E-state index in [4.69, 9.17) is 0 Å². The fraction of sp³-hybridized carbons (Fsp3) is 0.500. The predicted octanol–water partition coefficient (Wildman–Crippen LogP) is 4.01. The van der Waals surface area contributed by atoms with Crippen molar-refractivity contribution >= 4 is 5.78 Å². The van der Waals surface area contributed by atoms with Crippen molar-refractivity contribution in [3.63, 3.8) is 0 Å². The van der Waals surface area contributed by atoms with Gasteiger partial charge in [-0.1, -0.05) is 24.1 Å². The molecule has 18 heavy (non-hydrogen) atoms. The molecule has 0 atom stereocenters. The monoisotopic (exact) mass is 241 g/mol. The molecule has 0 saturated heterocycles. The largest absolute Gasteiger partial charge is 0.299 e. The summed E-state index contributed by atoms with van der Waals surface area (Å²) in [6.07, 6.45) is 13.3. The van der Waals surface area contributed by atoms with Crippen molar-refractivity contribution in [2.45, 2.75) is 51.4 Å². The van der Waals surface area contributed by atoms with Gasteiger partial charge in [-0.15, -0.1) is 0 Å². The number of hydrogen-bond donors (Lipinski definition) is 0. The van der Waals surface area contributed by atoms with E-state index in [0.717, 1.165) is 50.5 Å². The SMILES string of the molecule is N#CC1=C2/CCCCCC(=O)C/C(=C/C/C=C\1)C2. The van der Waals surface area contributed by atoms with Crippen LogP contribution < -0.4 is 0 Å². The number of ketones is 1. The zero-order chi connectivity index (χ0) is 12.8. The van der Waals surface area contributed by atoms with E-state index in [1.807, 2.05) is 12.2 Å². The summed E-state index contributed by atoms with van der Waals surface area (Å²) in [5.74, 6) is 0.352. The Morgan fingerprint density at radius 2 is 1.94 bits per heavy atom. The number of nitriles is 1. The molecular formula is C16H19NO. The van der Waals surface area contributed by atoms with Crippen molar-refractivity contribution in [1.29, 1.82) is 5.26 Å². The van der Waals surface area contributed by atoms with Gasteiger partial charge in [-0.3, -0.25) is 4.79 Å². The average molecular weight is 241 g/mol. The standard InChI is InChI=1S/C16H19NO/c17-12-15-8-5-4-6-13-10-14(15)7-2-1-3-9-16(18)11-13/h5-6,8H,1-4,7,9-11H2/b8-5-,13-6+,15-14-. The molecule has 1 saturated carbocycles. The topological polar surface area (TPSA) is 40.9 Å². The maximum absolute atomic E-state index is 11.8. The van der Waals surface area contributed by atoms with Gasteiger partial charge in [0.05, 0.1) is 11.6 Å². The Hall–Kier alpha value is -1.62. The van der Waals surface area contributed by atoms with Crippen LogP contribution in [0.4, 0.5) is 0 Å². The first kappa shape index (κ1) is 12.8. The highest BCUT2D eigenvalue weighted by Crippen LogP contribution is 2.28. The molecule has 2 nitrogen and oxygen atoms in total. The van der Waals surface area contributed by atoms with Gasteiger partial charge in [0.1, 0.15) is 5.78 Å². The Labute approximate surface area is 109 Å². The van der Waals surface area contributed by atoms with Gasteiger partial charge in [0.15, 0.2) is 0 Å². The molecule has 0 radical (unpaired) electrons. The highest BCUT2D eigenvalue weighted by molar-refractivity contribution is 5.81. The molecule has 0 aromatic carbocycles. The van der Waals surface area contributed by atoms with Crippen molar-refractivity contribution in [2.75, 3.05) is 0 Å². The zero-order valence-electron chi connectivity index (χ0n) is 10.7. The first-order valence-electron chi connectivity index (χ1n) is 6.78. The molecule has 0 aromatic heterocycles. The molecule has 2 bridgehead atoms. The first-order chi connectivity index (χ1) is 8.79. The molecule has 2 heteroatoms. The molecule has 1 fully saturated rings. The third-order valence-corrected chi connectivity index (χ3v) is 3.63. The maximum atomic E-state index is 11.8. The smallest absolute Gasteiger partial charge is 0.136 e. The first-order valence-corrected chi connectivity index (χ1v) is 6.78. The number of rotatable bonds is 0. The number of allylic oxidation sites excluding steroid dienone is 6. The van der Waals surface area contributed by atoms with Crippen molar-refractivity contribution in [2.24, 2.45) is 0 Å². The molecule has 2 aliphatic rings. The van der Waals surface area contributed by atoms with E-state index < -0.39 is 0 Å². The van der Waals surface area contributed by atoms with Crippen LogP contribution in [0.5, 0.6) is 0 Å². The van der Waals surface area contributed by atoms with Crippen LogP contribution in [-0.4, -0.2) is 5.78 Å². The fourth-order valence-electron chi connectivity index (χ4n) is 2.63. The van der Waals surface area contributed by atoms with E-state index in [0.29, 0.717) is 12.2 Å². The molecule has 2 rings (SSSR count). The van der Waals surface area contributed by atoms with Crippen molar-refractivity contribution in [3.05, 3.63) is 34.9 Å². The summed E-state index contributed by atoms with van der Waals surface area (Å²) in [5.41, 5.74) is 3.23. The van der Waals surface area contributed by atoms with Crippen molar-refractivity contribution < 1.29 is 4.79 Å². The molecule has 0 aromatic rings. The second-order valence-electron chi connectivity index (χ2n) is 5.08. The second-order valence-corrected chi connectivity index (χ2v) is 5.08. The van der Waals surface area contributed by atoms with Crippen LogP contribution in [0.25, 0.3) is 0 Å². The minimum Gasteiger partial charge on any atom is -0.299 e. The number of carbonyl (C=O) groups is 1. The molecule has 2 aliphatic carbocycles. The lowest BCUT2D eigenvalue weighted by Crippen LogP contribution is -2.05. The summed E-state index contributed by atoms with van der Waals surface area (Å²) < 4.78 is 0. The summed E-state index contributed by atoms with van der Waals surface area (Å²) in [6.45, 7) is 0. The van der Waals surface area contributed by atoms with Gasteiger partial charge in [-0.2, -0.15) is 5.26 Å². The summed E-state index contributed by atoms with van der Waals surface area (Å²) in [6, 6.07) is 2.30. The number of carbonyl (C=O) groups excluding carboxylic acids is 1. The van der Waals surface area contributed by atoms with E-state index in [-0.39, 0.29) is 0 Å². The Kier molecular flexibility index (Phi) is 4.52. The molecule has 0 spiro atoms. The van der Waals surface area contributed by atoms with Gasteiger partial charge in [-0.05, 0) is 43.8 Å². The van der Waals surface area contributed by atoms with Crippen LogP contribution in [0, 0.1) is 11.3 Å². The molecular weight excluding hydrogens is 222 g/mol. The van der Waals surface area contributed by atoms with E-state index in [1.165, 1.54) is 11.1 Å². The maximum Gasteiger partial charge on any atom is 0.136 e. The van der Waals surface area contributed by atoms with Gasteiger partial charge < -0.3 is 0 Å². The molecule has 94 valence electrons. The van der Waals surface area contributed by atoms with Gasteiger partial charge >= 0.3 is 0 Å². The van der Waals surface area contributed by atoms with E-state index in [9.17, 15) is 10.1 Å².